The maximum atomic E-state index is 5.31. The molecule has 4 nitrogen and oxygen atoms in total. The van der Waals surface area contributed by atoms with E-state index in [1.165, 1.54) is 11.1 Å². The highest BCUT2D eigenvalue weighted by molar-refractivity contribution is 6.13. The molecule has 0 aliphatic heterocycles. The summed E-state index contributed by atoms with van der Waals surface area (Å²) in [4.78, 5) is 15.8. The highest BCUT2D eigenvalue weighted by Gasteiger charge is 2.21. The van der Waals surface area contributed by atoms with Gasteiger partial charge in [0.1, 0.15) is 0 Å². The molecule has 0 N–H and O–H groups in total. The lowest BCUT2D eigenvalue weighted by Gasteiger charge is -2.14. The second-order valence-corrected chi connectivity index (χ2v) is 15.2. The number of nitrogens with zero attached hydrogens (tertiary/aromatic N) is 4. The van der Waals surface area contributed by atoms with Crippen molar-refractivity contribution in [2.45, 2.75) is 0 Å². The Labute approximate surface area is 354 Å². The number of benzene rings is 9. The van der Waals surface area contributed by atoms with Crippen LogP contribution >= 0.6 is 0 Å². The van der Waals surface area contributed by atoms with E-state index in [2.05, 4.69) is 223 Å². The van der Waals surface area contributed by atoms with E-state index in [0.717, 1.165) is 77.4 Å². The number of hydrogen-bond acceptors (Lipinski definition) is 3. The Bertz CT molecular complexity index is 3200. The summed E-state index contributed by atoms with van der Waals surface area (Å²) in [6, 6.07) is 81.2. The quantitative estimate of drug-likeness (QED) is 0.154. The van der Waals surface area contributed by atoms with Crippen molar-refractivity contribution in [3.63, 3.8) is 0 Å². The number of para-hydroxylation sites is 2. The maximum Gasteiger partial charge on any atom is 0.238 e. The van der Waals surface area contributed by atoms with Crippen molar-refractivity contribution >= 4 is 21.8 Å². The van der Waals surface area contributed by atoms with Gasteiger partial charge in [-0.05, 0) is 62.2 Å². The fraction of sp³-hybridized carbons (Fsp3) is 0. The standard InChI is InChI=1S/C57H38N4/c1-4-14-39(15-5-1)42-26-28-45(29-27-42)48-20-12-21-49(38-48)50-23-13-24-52-51-22-10-11-25-53(51)61(54(50)52)57-59-55(46-34-30-43(31-35-46)40-16-6-2-7-17-40)58-56(60-57)47-36-32-44(33-37-47)41-18-8-3-9-19-41/h1-38H. The van der Waals surface area contributed by atoms with Crippen LogP contribution in [0.1, 0.15) is 0 Å². The fourth-order valence-corrected chi connectivity index (χ4v) is 8.42. The number of fused-ring (bicyclic) bond motifs is 3. The zero-order valence-electron chi connectivity index (χ0n) is 33.2. The van der Waals surface area contributed by atoms with E-state index >= 15 is 0 Å². The van der Waals surface area contributed by atoms with Crippen LogP contribution in [0.25, 0.3) is 106 Å². The predicted molar refractivity (Wildman–Crippen MR) is 252 cm³/mol. The first kappa shape index (κ1) is 35.9. The summed E-state index contributed by atoms with van der Waals surface area (Å²) in [5, 5.41) is 2.27. The summed E-state index contributed by atoms with van der Waals surface area (Å²) in [6.07, 6.45) is 0. The van der Waals surface area contributed by atoms with Gasteiger partial charge in [0, 0.05) is 27.5 Å². The minimum atomic E-state index is 0.561. The van der Waals surface area contributed by atoms with Gasteiger partial charge in [-0.2, -0.15) is 9.97 Å². The Morgan fingerprint density at radius 3 is 1.16 bits per heavy atom. The fourth-order valence-electron chi connectivity index (χ4n) is 8.42. The molecule has 0 atom stereocenters. The van der Waals surface area contributed by atoms with Gasteiger partial charge < -0.3 is 0 Å². The third-order valence-corrected chi connectivity index (χ3v) is 11.5. The Morgan fingerprint density at radius 1 is 0.262 bits per heavy atom. The van der Waals surface area contributed by atoms with Gasteiger partial charge in [-0.3, -0.25) is 4.57 Å². The van der Waals surface area contributed by atoms with Crippen molar-refractivity contribution < 1.29 is 0 Å². The summed E-state index contributed by atoms with van der Waals surface area (Å²) in [5.41, 5.74) is 15.4. The zero-order chi connectivity index (χ0) is 40.5. The largest absolute Gasteiger partial charge is 0.277 e. The molecule has 61 heavy (non-hydrogen) atoms. The lowest BCUT2D eigenvalue weighted by atomic mass is 9.96. The normalized spacial score (nSPS) is 11.3. The SMILES string of the molecule is c1ccc(-c2ccc(-c3cccc(-c4cccc5c6ccccc6n(-c6nc(-c7ccc(-c8ccccc8)cc7)nc(-c7ccc(-c8ccccc8)cc7)n6)c45)c3)cc2)cc1. The Morgan fingerprint density at radius 2 is 0.639 bits per heavy atom. The molecule has 0 bridgehead atoms. The van der Waals surface area contributed by atoms with Crippen LogP contribution in [0, 0.1) is 0 Å². The summed E-state index contributed by atoms with van der Waals surface area (Å²) in [7, 11) is 0. The average molecular weight is 779 g/mol. The maximum absolute atomic E-state index is 5.31. The van der Waals surface area contributed by atoms with Crippen molar-refractivity contribution in [3.05, 3.63) is 231 Å². The van der Waals surface area contributed by atoms with Crippen LogP contribution in [0.2, 0.25) is 0 Å². The minimum Gasteiger partial charge on any atom is -0.277 e. The zero-order valence-corrected chi connectivity index (χ0v) is 33.2. The van der Waals surface area contributed by atoms with Gasteiger partial charge in [0.05, 0.1) is 11.0 Å². The first-order chi connectivity index (χ1) is 30.2. The smallest absolute Gasteiger partial charge is 0.238 e. The van der Waals surface area contributed by atoms with Gasteiger partial charge in [0.15, 0.2) is 11.6 Å². The molecule has 0 radical (unpaired) electrons. The molecule has 286 valence electrons. The van der Waals surface area contributed by atoms with Crippen molar-refractivity contribution in [3.8, 4) is 84.4 Å². The van der Waals surface area contributed by atoms with Crippen LogP contribution in [0.4, 0.5) is 0 Å². The van der Waals surface area contributed by atoms with Crippen molar-refractivity contribution in [1.29, 1.82) is 0 Å². The van der Waals surface area contributed by atoms with Gasteiger partial charge in [-0.1, -0.05) is 218 Å². The molecule has 11 rings (SSSR count). The molecule has 2 aromatic heterocycles. The molecule has 4 heteroatoms. The van der Waals surface area contributed by atoms with Crippen LogP contribution in [-0.2, 0) is 0 Å². The highest BCUT2D eigenvalue weighted by atomic mass is 15.2. The molecule has 0 aliphatic rings. The summed E-state index contributed by atoms with van der Waals surface area (Å²) >= 11 is 0. The van der Waals surface area contributed by atoms with E-state index < -0.39 is 0 Å². The predicted octanol–water partition coefficient (Wildman–Crippen LogP) is 14.6. The van der Waals surface area contributed by atoms with Crippen molar-refractivity contribution in [2.75, 3.05) is 0 Å². The average Bonchev–Trinajstić information content (AvgIpc) is 3.70. The molecule has 0 unspecified atom stereocenters. The van der Waals surface area contributed by atoms with Crippen molar-refractivity contribution in [2.24, 2.45) is 0 Å². The number of aromatic nitrogens is 4. The van der Waals surface area contributed by atoms with E-state index in [0.29, 0.717) is 17.6 Å². The third kappa shape index (κ3) is 6.86. The van der Waals surface area contributed by atoms with E-state index in [4.69, 9.17) is 15.0 Å². The van der Waals surface area contributed by atoms with E-state index in [1.807, 2.05) is 12.1 Å². The second-order valence-electron chi connectivity index (χ2n) is 15.2. The van der Waals surface area contributed by atoms with Crippen LogP contribution in [0.5, 0.6) is 0 Å². The molecule has 0 fully saturated rings. The Kier molecular flexibility index (Phi) is 9.14. The van der Waals surface area contributed by atoms with E-state index in [9.17, 15) is 0 Å². The van der Waals surface area contributed by atoms with E-state index in [1.54, 1.807) is 0 Å². The van der Waals surface area contributed by atoms with Crippen LogP contribution in [0.15, 0.2) is 231 Å². The molecule has 0 saturated heterocycles. The van der Waals surface area contributed by atoms with Crippen LogP contribution < -0.4 is 0 Å². The van der Waals surface area contributed by atoms with Crippen LogP contribution in [0.3, 0.4) is 0 Å². The monoisotopic (exact) mass is 778 g/mol. The van der Waals surface area contributed by atoms with Gasteiger partial charge in [0.2, 0.25) is 5.95 Å². The first-order valence-electron chi connectivity index (χ1n) is 20.6. The molecule has 0 saturated carbocycles. The molecule has 9 aromatic carbocycles. The Hall–Kier alpha value is -8.21. The Balaban J connectivity index is 1.08. The molecular formula is C57H38N4. The first-order valence-corrected chi connectivity index (χ1v) is 20.6. The minimum absolute atomic E-state index is 0.561. The van der Waals surface area contributed by atoms with Gasteiger partial charge in [0.25, 0.3) is 0 Å². The van der Waals surface area contributed by atoms with Crippen LogP contribution in [-0.4, -0.2) is 19.5 Å². The van der Waals surface area contributed by atoms with Gasteiger partial charge in [-0.25, -0.2) is 4.98 Å². The number of rotatable bonds is 8. The lowest BCUT2D eigenvalue weighted by Crippen LogP contribution is -2.07. The molecule has 2 heterocycles. The molecule has 0 aliphatic carbocycles. The molecular weight excluding hydrogens is 741 g/mol. The topological polar surface area (TPSA) is 43.6 Å². The summed E-state index contributed by atoms with van der Waals surface area (Å²) in [6.45, 7) is 0. The molecule has 0 amide bonds. The highest BCUT2D eigenvalue weighted by Crippen LogP contribution is 2.39. The van der Waals surface area contributed by atoms with Crippen molar-refractivity contribution in [1.82, 2.24) is 19.5 Å². The molecule has 0 spiro atoms. The lowest BCUT2D eigenvalue weighted by molar-refractivity contribution is 0.954. The number of hydrogen-bond donors (Lipinski definition) is 0. The van der Waals surface area contributed by atoms with E-state index in [-0.39, 0.29) is 0 Å². The van der Waals surface area contributed by atoms with Gasteiger partial charge >= 0.3 is 0 Å². The third-order valence-electron chi connectivity index (χ3n) is 11.5. The second kappa shape index (κ2) is 15.5. The van der Waals surface area contributed by atoms with Gasteiger partial charge in [-0.15, -0.1) is 0 Å². The molecule has 11 aromatic rings. The summed E-state index contributed by atoms with van der Waals surface area (Å²) < 4.78 is 2.23. The summed E-state index contributed by atoms with van der Waals surface area (Å²) in [5.74, 6) is 1.78.